The van der Waals surface area contributed by atoms with Gasteiger partial charge >= 0.3 is 6.03 Å². The molecular weight excluding hydrogens is 234 g/mol. The summed E-state index contributed by atoms with van der Waals surface area (Å²) in [4.78, 5) is 15.7. The number of aromatic nitrogens is 4. The Balaban J connectivity index is 2.08. The molecule has 3 aliphatic heterocycles. The van der Waals surface area contributed by atoms with Crippen LogP contribution in [-0.4, -0.2) is 25.9 Å². The van der Waals surface area contributed by atoms with Crippen LogP contribution in [0.25, 0.3) is 22.4 Å². The summed E-state index contributed by atoms with van der Waals surface area (Å²) in [6.07, 6.45) is 0. The molecular formula is C10H7N7O. The standard InChI is InChI=1S/C10H7N7O/c18-10-15-14-9-13-12-7-5-3-1-2-4-6(5)11-8(7)17(9)16-10/h1-4H,(H,13,14)(H2,15,16,18). The average molecular weight is 241 g/mol. The van der Waals surface area contributed by atoms with Crippen molar-refractivity contribution in [1.82, 2.24) is 25.3 Å². The van der Waals surface area contributed by atoms with Gasteiger partial charge in [-0.15, -0.1) is 10.2 Å². The van der Waals surface area contributed by atoms with E-state index in [0.29, 0.717) is 17.5 Å². The highest BCUT2D eigenvalue weighted by atomic mass is 16.2. The van der Waals surface area contributed by atoms with Crippen molar-refractivity contribution < 1.29 is 4.79 Å². The summed E-state index contributed by atoms with van der Waals surface area (Å²) in [6.45, 7) is 0. The lowest BCUT2D eigenvalue weighted by molar-refractivity contribution is 0.249. The lowest BCUT2D eigenvalue weighted by atomic mass is 10.2. The molecule has 0 radical (unpaired) electrons. The Morgan fingerprint density at radius 2 is 2.00 bits per heavy atom. The van der Waals surface area contributed by atoms with Crippen molar-refractivity contribution in [3.8, 4) is 11.5 Å². The van der Waals surface area contributed by atoms with Crippen molar-refractivity contribution in [2.45, 2.75) is 0 Å². The normalized spacial score (nSPS) is 13.9. The van der Waals surface area contributed by atoms with Gasteiger partial charge in [0.25, 0.3) is 5.95 Å². The first kappa shape index (κ1) is 9.16. The van der Waals surface area contributed by atoms with Gasteiger partial charge in [-0.3, -0.25) is 5.43 Å². The first-order valence-electron chi connectivity index (χ1n) is 5.30. The lowest BCUT2D eigenvalue weighted by Gasteiger charge is -2.21. The molecule has 4 rings (SSSR count). The number of hydrogen-bond donors (Lipinski definition) is 3. The molecule has 88 valence electrons. The van der Waals surface area contributed by atoms with E-state index < -0.39 is 0 Å². The highest BCUT2D eigenvalue weighted by Crippen LogP contribution is 2.29. The molecule has 0 saturated carbocycles. The van der Waals surface area contributed by atoms with Gasteiger partial charge in [0.2, 0.25) is 0 Å². The quantitative estimate of drug-likeness (QED) is 0.533. The molecule has 3 heterocycles. The van der Waals surface area contributed by atoms with E-state index in [4.69, 9.17) is 0 Å². The van der Waals surface area contributed by atoms with E-state index in [2.05, 4.69) is 31.5 Å². The zero-order chi connectivity index (χ0) is 12.1. The van der Waals surface area contributed by atoms with Crippen LogP contribution in [0.15, 0.2) is 24.3 Å². The van der Waals surface area contributed by atoms with Crippen LogP contribution in [0.2, 0.25) is 0 Å². The molecule has 3 aliphatic rings. The van der Waals surface area contributed by atoms with Crippen LogP contribution in [0.4, 0.5) is 10.7 Å². The second-order valence-corrected chi connectivity index (χ2v) is 3.85. The number of anilines is 1. The van der Waals surface area contributed by atoms with Gasteiger partial charge in [-0.2, -0.15) is 4.68 Å². The number of fused-ring (bicyclic) bond motifs is 5. The van der Waals surface area contributed by atoms with Gasteiger partial charge < -0.3 is 0 Å². The minimum Gasteiger partial charge on any atom is -0.263 e. The topological polar surface area (TPSA) is 96.8 Å². The van der Waals surface area contributed by atoms with Gasteiger partial charge in [0.05, 0.1) is 5.52 Å². The zero-order valence-corrected chi connectivity index (χ0v) is 9.01. The molecule has 2 amide bonds. The van der Waals surface area contributed by atoms with Crippen molar-refractivity contribution in [3.05, 3.63) is 24.3 Å². The minimum absolute atomic E-state index is 0.380. The first-order chi connectivity index (χ1) is 8.83. The number of para-hydroxylation sites is 1. The number of hydrogen-bond acceptors (Lipinski definition) is 5. The Kier molecular flexibility index (Phi) is 1.56. The van der Waals surface area contributed by atoms with Gasteiger partial charge in [0.1, 0.15) is 5.69 Å². The number of carbonyl (C=O) groups excluding carboxylic acids is 1. The average Bonchev–Trinajstić information content (AvgIpc) is 2.78. The summed E-state index contributed by atoms with van der Waals surface area (Å²) in [5.74, 6) is 0.938. The van der Waals surface area contributed by atoms with E-state index in [1.807, 2.05) is 24.3 Å². The predicted octanol–water partition coefficient (Wildman–Crippen LogP) is 0.525. The smallest absolute Gasteiger partial charge is 0.263 e. The van der Waals surface area contributed by atoms with Crippen LogP contribution < -0.4 is 16.3 Å². The second kappa shape index (κ2) is 3.06. The molecule has 3 N–H and O–H groups in total. The van der Waals surface area contributed by atoms with Crippen molar-refractivity contribution in [1.29, 1.82) is 0 Å². The van der Waals surface area contributed by atoms with Crippen molar-refractivity contribution in [2.24, 2.45) is 0 Å². The van der Waals surface area contributed by atoms with Crippen LogP contribution in [-0.2, 0) is 0 Å². The lowest BCUT2D eigenvalue weighted by Crippen LogP contribution is -2.45. The number of nitrogens with zero attached hydrogens (tertiary/aromatic N) is 4. The fraction of sp³-hybridized carbons (Fsp3) is 0. The maximum absolute atomic E-state index is 11.3. The molecule has 0 aromatic heterocycles. The summed E-state index contributed by atoms with van der Waals surface area (Å²) >= 11 is 0. The van der Waals surface area contributed by atoms with Crippen molar-refractivity contribution in [3.63, 3.8) is 0 Å². The molecule has 0 fully saturated rings. The SMILES string of the molecule is O=C1NNc2nnc3c4ccccc4nc-3n2N1. The molecule has 18 heavy (non-hydrogen) atoms. The number of benzene rings is 1. The fourth-order valence-electron chi connectivity index (χ4n) is 1.98. The Morgan fingerprint density at radius 1 is 1.11 bits per heavy atom. The summed E-state index contributed by atoms with van der Waals surface area (Å²) in [6, 6.07) is 7.24. The summed E-state index contributed by atoms with van der Waals surface area (Å²) in [5.41, 5.74) is 9.09. The third-order valence-electron chi connectivity index (χ3n) is 2.77. The highest BCUT2D eigenvalue weighted by Gasteiger charge is 2.24. The summed E-state index contributed by atoms with van der Waals surface area (Å²) in [5, 5.41) is 9.02. The fourth-order valence-corrected chi connectivity index (χ4v) is 1.98. The molecule has 0 aliphatic carbocycles. The number of carbonyl (C=O) groups is 1. The molecule has 8 nitrogen and oxygen atoms in total. The van der Waals surface area contributed by atoms with Crippen LogP contribution >= 0.6 is 0 Å². The maximum atomic E-state index is 11.3. The number of amides is 2. The molecule has 1 aromatic carbocycles. The largest absolute Gasteiger partial charge is 0.352 e. The van der Waals surface area contributed by atoms with Crippen molar-refractivity contribution in [2.75, 3.05) is 10.9 Å². The van der Waals surface area contributed by atoms with E-state index in [0.717, 1.165) is 10.9 Å². The monoisotopic (exact) mass is 241 g/mol. The Bertz CT molecular complexity index is 749. The molecule has 0 saturated heterocycles. The zero-order valence-electron chi connectivity index (χ0n) is 9.01. The van der Waals surface area contributed by atoms with Gasteiger partial charge in [-0.25, -0.2) is 20.6 Å². The van der Waals surface area contributed by atoms with Crippen LogP contribution in [0.1, 0.15) is 0 Å². The van der Waals surface area contributed by atoms with Gasteiger partial charge in [-0.05, 0) is 6.07 Å². The second-order valence-electron chi connectivity index (χ2n) is 3.85. The number of nitrogens with one attached hydrogen (secondary N) is 3. The molecule has 0 bridgehead atoms. The van der Waals surface area contributed by atoms with Crippen LogP contribution in [0.3, 0.4) is 0 Å². The van der Waals surface area contributed by atoms with Gasteiger partial charge in [0.15, 0.2) is 5.82 Å². The predicted molar refractivity (Wildman–Crippen MR) is 63.5 cm³/mol. The Morgan fingerprint density at radius 3 is 2.94 bits per heavy atom. The number of urea groups is 1. The van der Waals surface area contributed by atoms with E-state index in [1.165, 1.54) is 4.68 Å². The number of hydrazine groups is 1. The summed E-state index contributed by atoms with van der Waals surface area (Å²) in [7, 11) is 0. The van der Waals surface area contributed by atoms with Gasteiger partial charge in [0, 0.05) is 5.39 Å². The van der Waals surface area contributed by atoms with E-state index >= 15 is 0 Å². The summed E-state index contributed by atoms with van der Waals surface area (Å²) < 4.78 is 1.47. The Labute approximate surface area is 100 Å². The Hall–Kier alpha value is -2.90. The third kappa shape index (κ3) is 1.08. The van der Waals surface area contributed by atoms with Gasteiger partial charge in [-0.1, -0.05) is 18.2 Å². The van der Waals surface area contributed by atoms with Crippen LogP contribution in [0.5, 0.6) is 0 Å². The van der Waals surface area contributed by atoms with Crippen molar-refractivity contribution >= 4 is 22.9 Å². The number of rotatable bonds is 0. The maximum Gasteiger partial charge on any atom is 0.352 e. The van der Waals surface area contributed by atoms with E-state index in [1.54, 1.807) is 0 Å². The van der Waals surface area contributed by atoms with Crippen LogP contribution in [0, 0.1) is 0 Å². The van der Waals surface area contributed by atoms with E-state index in [-0.39, 0.29) is 6.03 Å². The first-order valence-corrected chi connectivity index (χ1v) is 5.30. The molecule has 0 spiro atoms. The highest BCUT2D eigenvalue weighted by molar-refractivity contribution is 5.95. The molecule has 8 heteroatoms. The molecule has 0 atom stereocenters. The third-order valence-corrected chi connectivity index (χ3v) is 2.77. The van der Waals surface area contributed by atoms with E-state index in [9.17, 15) is 4.79 Å². The minimum atomic E-state index is -0.381. The molecule has 1 aromatic rings. The molecule has 0 unspecified atom stereocenters.